The molecule has 0 spiro atoms. The van der Waals surface area contributed by atoms with Crippen molar-refractivity contribution in [2.75, 3.05) is 6.54 Å². The van der Waals surface area contributed by atoms with Gasteiger partial charge in [0.1, 0.15) is 0 Å². The number of nitrogens with zero attached hydrogens (tertiary/aromatic N) is 1. The molecule has 2 aromatic rings. The van der Waals surface area contributed by atoms with Crippen LogP contribution in [-0.2, 0) is 6.54 Å². The van der Waals surface area contributed by atoms with Crippen LogP contribution in [-0.4, -0.2) is 33.0 Å². The third kappa shape index (κ3) is 4.56. The van der Waals surface area contributed by atoms with Crippen LogP contribution >= 0.6 is 0 Å². The van der Waals surface area contributed by atoms with Crippen molar-refractivity contribution in [1.82, 2.24) is 9.88 Å². The molecule has 2 N–H and O–H groups in total. The summed E-state index contributed by atoms with van der Waals surface area (Å²) in [4.78, 5) is 28.1. The van der Waals surface area contributed by atoms with Gasteiger partial charge in [0.25, 0.3) is 5.91 Å². The maximum atomic E-state index is 12.6. The molecule has 1 amide bonds. The Balaban J connectivity index is 2.27. The van der Waals surface area contributed by atoms with Crippen LogP contribution in [0.2, 0.25) is 0 Å². The molecule has 1 aromatic carbocycles. The highest BCUT2D eigenvalue weighted by molar-refractivity contribution is 5.94. The average Bonchev–Trinajstić information content (AvgIpc) is 2.45. The van der Waals surface area contributed by atoms with Gasteiger partial charge in [-0.3, -0.25) is 9.59 Å². The molecule has 0 atom stereocenters. The number of pyridine rings is 1. The minimum atomic E-state index is -1.02. The molecule has 1 heterocycles. The second-order valence-electron chi connectivity index (χ2n) is 5.90. The van der Waals surface area contributed by atoms with Crippen molar-refractivity contribution in [2.45, 2.75) is 26.0 Å². The molecule has 0 aliphatic rings. The first-order valence-corrected chi connectivity index (χ1v) is 7.09. The number of hydrogen-bond acceptors (Lipinski definition) is 3. The quantitative estimate of drug-likeness (QED) is 0.884. The van der Waals surface area contributed by atoms with Crippen LogP contribution in [0.25, 0.3) is 0 Å². The number of aromatic amines is 1. The van der Waals surface area contributed by atoms with Crippen molar-refractivity contribution in [1.29, 1.82) is 0 Å². The minimum absolute atomic E-state index is 0.174. The van der Waals surface area contributed by atoms with E-state index < -0.39 is 5.60 Å². The van der Waals surface area contributed by atoms with Crippen molar-refractivity contribution < 1.29 is 9.90 Å². The van der Waals surface area contributed by atoms with Crippen LogP contribution in [0.15, 0.2) is 53.5 Å². The molecule has 5 nitrogen and oxygen atoms in total. The lowest BCUT2D eigenvalue weighted by atomic mass is 10.1. The number of H-pyrrole nitrogens is 1. The molecular formula is C17H20N2O3. The van der Waals surface area contributed by atoms with E-state index in [0.717, 1.165) is 5.56 Å². The van der Waals surface area contributed by atoms with Gasteiger partial charge in [0, 0.05) is 30.9 Å². The number of benzene rings is 1. The van der Waals surface area contributed by atoms with E-state index in [1.54, 1.807) is 24.8 Å². The van der Waals surface area contributed by atoms with E-state index >= 15 is 0 Å². The lowest BCUT2D eigenvalue weighted by Gasteiger charge is -2.29. The molecule has 5 heteroatoms. The Bertz CT molecular complexity index is 687. The normalized spacial score (nSPS) is 11.2. The Hall–Kier alpha value is -2.40. The van der Waals surface area contributed by atoms with E-state index in [-0.39, 0.29) is 18.0 Å². The van der Waals surface area contributed by atoms with Gasteiger partial charge in [-0.05, 0) is 25.5 Å². The fourth-order valence-electron chi connectivity index (χ4n) is 2.23. The summed E-state index contributed by atoms with van der Waals surface area (Å²) >= 11 is 0. The Morgan fingerprint density at radius 2 is 1.91 bits per heavy atom. The van der Waals surface area contributed by atoms with Crippen LogP contribution in [0, 0.1) is 0 Å². The van der Waals surface area contributed by atoms with Gasteiger partial charge in [-0.25, -0.2) is 0 Å². The van der Waals surface area contributed by atoms with Crippen molar-refractivity contribution in [2.24, 2.45) is 0 Å². The van der Waals surface area contributed by atoms with E-state index in [1.807, 2.05) is 30.3 Å². The van der Waals surface area contributed by atoms with Gasteiger partial charge >= 0.3 is 0 Å². The summed E-state index contributed by atoms with van der Waals surface area (Å²) in [5, 5.41) is 10.1. The highest BCUT2D eigenvalue weighted by Gasteiger charge is 2.23. The predicted octanol–water partition coefficient (Wildman–Crippen LogP) is 1.79. The monoisotopic (exact) mass is 300 g/mol. The van der Waals surface area contributed by atoms with E-state index in [0.29, 0.717) is 12.1 Å². The zero-order valence-electron chi connectivity index (χ0n) is 12.7. The second kappa shape index (κ2) is 6.58. The van der Waals surface area contributed by atoms with Crippen molar-refractivity contribution in [3.8, 4) is 0 Å². The summed E-state index contributed by atoms with van der Waals surface area (Å²) in [7, 11) is 0. The van der Waals surface area contributed by atoms with E-state index in [2.05, 4.69) is 4.98 Å². The van der Waals surface area contributed by atoms with Crippen molar-refractivity contribution in [3.05, 3.63) is 70.1 Å². The summed E-state index contributed by atoms with van der Waals surface area (Å²) in [6.07, 6.45) is 1.44. The van der Waals surface area contributed by atoms with Gasteiger partial charge in [-0.1, -0.05) is 30.3 Å². The molecule has 0 fully saturated rings. The Kier molecular flexibility index (Phi) is 4.78. The van der Waals surface area contributed by atoms with Gasteiger partial charge in [0.05, 0.1) is 5.60 Å². The number of hydrogen-bond donors (Lipinski definition) is 2. The first-order chi connectivity index (χ1) is 10.3. The third-order valence-electron chi connectivity index (χ3n) is 3.10. The number of carbonyl (C=O) groups is 1. The lowest BCUT2D eigenvalue weighted by molar-refractivity contribution is 0.0280. The van der Waals surface area contributed by atoms with Crippen LogP contribution in [0.5, 0.6) is 0 Å². The molecule has 2 rings (SSSR count). The van der Waals surface area contributed by atoms with Gasteiger partial charge in [0.15, 0.2) is 0 Å². The Morgan fingerprint density at radius 1 is 1.23 bits per heavy atom. The van der Waals surface area contributed by atoms with Crippen LogP contribution in [0.3, 0.4) is 0 Å². The topological polar surface area (TPSA) is 73.4 Å². The minimum Gasteiger partial charge on any atom is -0.389 e. The van der Waals surface area contributed by atoms with E-state index in [9.17, 15) is 14.7 Å². The van der Waals surface area contributed by atoms with Gasteiger partial charge in [0.2, 0.25) is 5.56 Å². The van der Waals surface area contributed by atoms with Crippen LogP contribution < -0.4 is 5.56 Å². The molecule has 0 aliphatic heterocycles. The molecule has 0 aliphatic carbocycles. The molecular weight excluding hydrogens is 280 g/mol. The number of rotatable bonds is 5. The van der Waals surface area contributed by atoms with Crippen LogP contribution in [0.1, 0.15) is 29.8 Å². The molecule has 116 valence electrons. The Labute approximate surface area is 129 Å². The predicted molar refractivity (Wildman–Crippen MR) is 84.5 cm³/mol. The standard InChI is InChI=1S/C17H20N2O3/c1-17(2,22)12-19(11-13-6-4-3-5-7-13)16(21)14-8-9-18-15(20)10-14/h3-10,22H,11-12H2,1-2H3,(H,18,20). The molecule has 0 saturated heterocycles. The Morgan fingerprint density at radius 3 is 2.50 bits per heavy atom. The van der Waals surface area contributed by atoms with Crippen LogP contribution in [0.4, 0.5) is 0 Å². The highest BCUT2D eigenvalue weighted by Crippen LogP contribution is 2.13. The maximum absolute atomic E-state index is 12.6. The van der Waals surface area contributed by atoms with Gasteiger partial charge in [-0.2, -0.15) is 0 Å². The summed E-state index contributed by atoms with van der Waals surface area (Å²) in [5.41, 5.74) is -0.0753. The number of nitrogens with one attached hydrogen (secondary N) is 1. The SMILES string of the molecule is CC(C)(O)CN(Cc1ccccc1)C(=O)c1cc[nH]c(=O)c1. The van der Waals surface area contributed by atoms with Crippen molar-refractivity contribution >= 4 is 5.91 Å². The molecule has 22 heavy (non-hydrogen) atoms. The first kappa shape index (κ1) is 16.0. The molecule has 0 bridgehead atoms. The largest absolute Gasteiger partial charge is 0.389 e. The van der Waals surface area contributed by atoms with E-state index in [4.69, 9.17) is 0 Å². The fraction of sp³-hybridized carbons (Fsp3) is 0.294. The highest BCUT2D eigenvalue weighted by atomic mass is 16.3. The first-order valence-electron chi connectivity index (χ1n) is 7.09. The zero-order valence-corrected chi connectivity index (χ0v) is 12.7. The van der Waals surface area contributed by atoms with E-state index in [1.165, 1.54) is 12.3 Å². The number of aliphatic hydroxyl groups is 1. The molecule has 1 aromatic heterocycles. The summed E-state index contributed by atoms with van der Waals surface area (Å²) in [5.74, 6) is -0.280. The third-order valence-corrected chi connectivity index (χ3v) is 3.10. The smallest absolute Gasteiger partial charge is 0.254 e. The number of carbonyl (C=O) groups excluding carboxylic acids is 1. The van der Waals surface area contributed by atoms with Gasteiger partial charge < -0.3 is 15.0 Å². The molecule has 0 saturated carbocycles. The van der Waals surface area contributed by atoms with Crippen molar-refractivity contribution in [3.63, 3.8) is 0 Å². The second-order valence-corrected chi connectivity index (χ2v) is 5.90. The maximum Gasteiger partial charge on any atom is 0.254 e. The van der Waals surface area contributed by atoms with Gasteiger partial charge in [-0.15, -0.1) is 0 Å². The number of aromatic nitrogens is 1. The molecule has 0 radical (unpaired) electrons. The summed E-state index contributed by atoms with van der Waals surface area (Å²) in [6, 6.07) is 12.4. The lowest BCUT2D eigenvalue weighted by Crippen LogP contribution is -2.42. The average molecular weight is 300 g/mol. The summed E-state index contributed by atoms with van der Waals surface area (Å²) in [6.45, 7) is 3.84. The fourth-order valence-corrected chi connectivity index (χ4v) is 2.23. The summed E-state index contributed by atoms with van der Waals surface area (Å²) < 4.78 is 0. The zero-order chi connectivity index (χ0) is 16.2. The number of amides is 1. The molecule has 0 unspecified atom stereocenters.